The van der Waals surface area contributed by atoms with Crippen molar-refractivity contribution in [2.45, 2.75) is 13.0 Å². The molecule has 0 amide bonds. The van der Waals surface area contributed by atoms with Crippen LogP contribution in [-0.2, 0) is 9.47 Å². The van der Waals surface area contributed by atoms with Crippen LogP contribution in [0.1, 0.15) is 6.92 Å². The van der Waals surface area contributed by atoms with E-state index in [4.69, 9.17) is 11.6 Å². The van der Waals surface area contributed by atoms with E-state index < -0.39 is 6.16 Å². The van der Waals surface area contributed by atoms with E-state index in [9.17, 15) is 4.79 Å². The third-order valence-electron chi connectivity index (χ3n) is 0.812. The molecule has 1 atom stereocenters. The lowest BCUT2D eigenvalue weighted by Gasteiger charge is -2.08. The molecule has 0 aromatic heterocycles. The highest BCUT2D eigenvalue weighted by atomic mass is 79.9. The van der Waals surface area contributed by atoms with Gasteiger partial charge in [0.15, 0.2) is 0 Å². The van der Waals surface area contributed by atoms with E-state index in [0.717, 1.165) is 0 Å². The van der Waals surface area contributed by atoms with Crippen molar-refractivity contribution in [3.63, 3.8) is 0 Å². The summed E-state index contributed by atoms with van der Waals surface area (Å²) < 4.78 is 9.28. The quantitative estimate of drug-likeness (QED) is 0.562. The highest BCUT2D eigenvalue weighted by molar-refractivity contribution is 9.09. The fourth-order valence-corrected chi connectivity index (χ4v) is 0.577. The summed E-state index contributed by atoms with van der Waals surface area (Å²) >= 11 is 8.49. The molecule has 0 aromatic rings. The predicted molar refractivity (Wildman–Crippen MR) is 46.4 cm³/mol. The first-order valence-corrected chi connectivity index (χ1v) is 4.81. The van der Waals surface area contributed by atoms with Gasteiger partial charge in [0.25, 0.3) is 0 Å². The van der Waals surface area contributed by atoms with Crippen LogP contribution in [0, 0.1) is 0 Å². The van der Waals surface area contributed by atoms with E-state index in [1.165, 1.54) is 0 Å². The van der Waals surface area contributed by atoms with Crippen molar-refractivity contribution in [2.24, 2.45) is 0 Å². The van der Waals surface area contributed by atoms with E-state index in [0.29, 0.717) is 11.9 Å². The van der Waals surface area contributed by atoms with Crippen molar-refractivity contribution < 1.29 is 14.3 Å². The summed E-state index contributed by atoms with van der Waals surface area (Å²) in [7, 11) is 0. The van der Waals surface area contributed by atoms with Gasteiger partial charge in [-0.05, 0) is 6.92 Å². The van der Waals surface area contributed by atoms with E-state index in [-0.39, 0.29) is 12.0 Å². The van der Waals surface area contributed by atoms with Crippen LogP contribution in [0.2, 0.25) is 0 Å². The molecular weight excluding hydrogens is 235 g/mol. The average Bonchev–Trinajstić information content (AvgIpc) is 2.00. The first-order chi connectivity index (χ1) is 5.20. The van der Waals surface area contributed by atoms with Gasteiger partial charge in [0.2, 0.25) is 0 Å². The van der Waals surface area contributed by atoms with Crippen LogP contribution in [0.4, 0.5) is 4.79 Å². The van der Waals surface area contributed by atoms with Gasteiger partial charge in [-0.3, -0.25) is 0 Å². The van der Waals surface area contributed by atoms with Crippen molar-refractivity contribution in [1.82, 2.24) is 0 Å². The van der Waals surface area contributed by atoms with Crippen LogP contribution in [0.5, 0.6) is 0 Å². The molecule has 66 valence electrons. The lowest BCUT2D eigenvalue weighted by Crippen LogP contribution is -2.17. The number of hydrogen-bond donors (Lipinski definition) is 0. The number of halogens is 2. The zero-order chi connectivity index (χ0) is 8.69. The van der Waals surface area contributed by atoms with Gasteiger partial charge in [0, 0.05) is 5.33 Å². The smallest absolute Gasteiger partial charge is 0.433 e. The molecule has 0 rings (SSSR count). The minimum Gasteiger partial charge on any atom is -0.433 e. The number of carbonyl (C=O) groups excluding carboxylic acids is 1. The van der Waals surface area contributed by atoms with Crippen molar-refractivity contribution in [1.29, 1.82) is 0 Å². The molecule has 0 N–H and O–H groups in total. The van der Waals surface area contributed by atoms with E-state index in [2.05, 4.69) is 25.4 Å². The van der Waals surface area contributed by atoms with Crippen molar-refractivity contribution in [3.8, 4) is 0 Å². The predicted octanol–water partition coefficient (Wildman–Crippen LogP) is 2.16. The first kappa shape index (κ1) is 11.0. The van der Waals surface area contributed by atoms with Crippen LogP contribution in [0.3, 0.4) is 0 Å². The monoisotopic (exact) mass is 244 g/mol. The molecule has 1 unspecified atom stereocenters. The van der Waals surface area contributed by atoms with Crippen LogP contribution < -0.4 is 0 Å². The van der Waals surface area contributed by atoms with Crippen LogP contribution >= 0.6 is 27.5 Å². The van der Waals surface area contributed by atoms with Gasteiger partial charge >= 0.3 is 6.16 Å². The van der Waals surface area contributed by atoms with E-state index in [1.807, 2.05) is 0 Å². The lowest BCUT2D eigenvalue weighted by molar-refractivity contribution is 0.0395. The topological polar surface area (TPSA) is 35.5 Å². The van der Waals surface area contributed by atoms with Gasteiger partial charge in [-0.1, -0.05) is 15.9 Å². The summed E-state index contributed by atoms with van der Waals surface area (Å²) in [5.41, 5.74) is 0. The molecular formula is C6H10BrClO3. The molecule has 0 spiro atoms. The molecule has 0 fully saturated rings. The summed E-state index contributed by atoms with van der Waals surface area (Å²) in [5, 5.41) is 0.608. The lowest BCUT2D eigenvalue weighted by atomic mass is 10.5. The van der Waals surface area contributed by atoms with Gasteiger partial charge in [-0.15, -0.1) is 11.6 Å². The third-order valence-corrected chi connectivity index (χ3v) is 1.57. The summed E-state index contributed by atoms with van der Waals surface area (Å²) in [6.07, 6.45) is -0.961. The fraction of sp³-hybridized carbons (Fsp3) is 0.833. The fourth-order valence-electron chi connectivity index (χ4n) is 0.352. The maximum atomic E-state index is 10.6. The Kier molecular flexibility index (Phi) is 6.76. The molecule has 11 heavy (non-hydrogen) atoms. The average molecular weight is 245 g/mol. The Bertz CT molecular complexity index is 120. The van der Waals surface area contributed by atoms with Gasteiger partial charge in [-0.25, -0.2) is 4.79 Å². The van der Waals surface area contributed by atoms with E-state index in [1.54, 1.807) is 6.92 Å². The molecule has 0 aromatic carbocycles. The van der Waals surface area contributed by atoms with Crippen LogP contribution in [0.15, 0.2) is 0 Å². The van der Waals surface area contributed by atoms with Crippen molar-refractivity contribution in [3.05, 3.63) is 0 Å². The van der Waals surface area contributed by atoms with Gasteiger partial charge in [-0.2, -0.15) is 0 Å². The minimum atomic E-state index is -0.669. The molecule has 0 heterocycles. The Labute approximate surface area is 79.1 Å². The summed E-state index contributed by atoms with van der Waals surface area (Å²) in [6, 6.07) is 0. The summed E-state index contributed by atoms with van der Waals surface area (Å²) in [5.74, 6) is 0.281. The third kappa shape index (κ3) is 6.44. The highest BCUT2D eigenvalue weighted by Crippen LogP contribution is 1.96. The Balaban J connectivity index is 3.36. The zero-order valence-electron chi connectivity index (χ0n) is 6.18. The zero-order valence-corrected chi connectivity index (χ0v) is 8.52. The first-order valence-electron chi connectivity index (χ1n) is 3.16. The van der Waals surface area contributed by atoms with Gasteiger partial charge in [0.1, 0.15) is 12.7 Å². The molecule has 5 heteroatoms. The molecule has 0 radical (unpaired) electrons. The minimum absolute atomic E-state index is 0.281. The second-order valence-electron chi connectivity index (χ2n) is 1.87. The van der Waals surface area contributed by atoms with Gasteiger partial charge in [0.05, 0.1) is 5.88 Å². The maximum absolute atomic E-state index is 10.6. The van der Waals surface area contributed by atoms with Gasteiger partial charge < -0.3 is 9.47 Å². The Morgan fingerprint density at radius 3 is 2.82 bits per heavy atom. The molecule has 0 saturated carbocycles. The van der Waals surface area contributed by atoms with Crippen LogP contribution in [-0.4, -0.2) is 30.1 Å². The Morgan fingerprint density at radius 2 is 2.36 bits per heavy atom. The maximum Gasteiger partial charge on any atom is 0.508 e. The number of alkyl halides is 2. The summed E-state index contributed by atoms with van der Waals surface area (Å²) in [6.45, 7) is 2.01. The number of hydrogen-bond acceptors (Lipinski definition) is 3. The molecule has 0 aliphatic heterocycles. The normalized spacial score (nSPS) is 12.3. The summed E-state index contributed by atoms with van der Waals surface area (Å²) in [4.78, 5) is 10.6. The highest BCUT2D eigenvalue weighted by Gasteiger charge is 2.08. The SMILES string of the molecule is CC(CCl)OC(=O)OCCBr. The molecule has 0 saturated heterocycles. The second-order valence-corrected chi connectivity index (χ2v) is 2.97. The number of rotatable bonds is 4. The van der Waals surface area contributed by atoms with Crippen LogP contribution in [0.25, 0.3) is 0 Å². The van der Waals surface area contributed by atoms with Crippen molar-refractivity contribution >= 4 is 33.7 Å². The van der Waals surface area contributed by atoms with E-state index >= 15 is 0 Å². The Hall–Kier alpha value is 0.0400. The standard InChI is InChI=1S/C6H10BrClO3/c1-5(4-8)11-6(9)10-3-2-7/h5H,2-4H2,1H3. The number of ether oxygens (including phenoxy) is 2. The largest absolute Gasteiger partial charge is 0.508 e. The molecule has 0 aliphatic carbocycles. The second kappa shape index (κ2) is 6.73. The van der Waals surface area contributed by atoms with Crippen molar-refractivity contribution in [2.75, 3.05) is 17.8 Å². The molecule has 0 aliphatic rings. The molecule has 0 bridgehead atoms. The Morgan fingerprint density at radius 1 is 1.73 bits per heavy atom. The molecule has 3 nitrogen and oxygen atoms in total. The number of carbonyl (C=O) groups is 1.